The third-order valence-corrected chi connectivity index (χ3v) is 4.38. The van der Waals surface area contributed by atoms with Crippen LogP contribution in [0.1, 0.15) is 49.9 Å². The van der Waals surface area contributed by atoms with Gasteiger partial charge in [-0.3, -0.25) is 0 Å². The molecule has 0 fully saturated rings. The Bertz CT molecular complexity index is 512. The van der Waals surface area contributed by atoms with Crippen LogP contribution >= 0.6 is 0 Å². The highest BCUT2D eigenvalue weighted by molar-refractivity contribution is 4.94. The maximum absolute atomic E-state index is 2.36. The second kappa shape index (κ2) is 9.34. The Kier molecular flexibility index (Phi) is 7.08. The van der Waals surface area contributed by atoms with Crippen molar-refractivity contribution in [1.82, 2.24) is 0 Å². The van der Waals surface area contributed by atoms with Crippen LogP contribution in [0.25, 0.3) is 0 Å². The number of nitrogens with zero attached hydrogens (tertiary/aromatic N) is 2. The average molecular weight is 298 g/mol. The van der Waals surface area contributed by atoms with Crippen LogP contribution < -0.4 is 9.13 Å². The summed E-state index contributed by atoms with van der Waals surface area (Å²) in [7, 11) is 0. The van der Waals surface area contributed by atoms with Gasteiger partial charge in [0.25, 0.3) is 0 Å². The quantitative estimate of drug-likeness (QED) is 0.490. The lowest BCUT2D eigenvalue weighted by molar-refractivity contribution is -0.703. The van der Waals surface area contributed by atoms with E-state index in [2.05, 4.69) is 71.8 Å². The summed E-state index contributed by atoms with van der Waals surface area (Å²) in [6.45, 7) is 6.68. The molecule has 22 heavy (non-hydrogen) atoms. The Hall–Kier alpha value is -1.70. The zero-order chi connectivity index (χ0) is 15.6. The van der Waals surface area contributed by atoms with Crippen molar-refractivity contribution in [2.24, 2.45) is 0 Å². The van der Waals surface area contributed by atoms with Gasteiger partial charge < -0.3 is 0 Å². The smallest absolute Gasteiger partial charge is 0.178 e. The standard InChI is InChI=1S/C20H30N2/c1-19-13-7-11-17-21(19)15-9-5-3-4-6-10-16-22-18-12-8-14-20(22)2/h7-8,11-14,17-18H,3-6,9-10,15-16H2,1-2H3/q+2. The number of aromatic nitrogens is 2. The Labute approximate surface area is 135 Å². The number of aryl methyl sites for hydroxylation is 4. The third kappa shape index (κ3) is 5.59. The predicted molar refractivity (Wildman–Crippen MR) is 90.5 cm³/mol. The number of unbranched alkanes of at least 4 members (excludes halogenated alkanes) is 5. The molecular weight excluding hydrogens is 268 g/mol. The van der Waals surface area contributed by atoms with Gasteiger partial charge in [0.1, 0.15) is 13.1 Å². The molecule has 0 aliphatic heterocycles. The molecule has 0 unspecified atom stereocenters. The summed E-state index contributed by atoms with van der Waals surface area (Å²) < 4.78 is 4.71. The fraction of sp³-hybridized carbons (Fsp3) is 0.500. The second-order valence-electron chi connectivity index (χ2n) is 6.19. The fourth-order valence-electron chi connectivity index (χ4n) is 2.90. The first kappa shape index (κ1) is 16.7. The molecule has 2 heterocycles. The molecule has 0 aromatic carbocycles. The lowest BCUT2D eigenvalue weighted by Crippen LogP contribution is -2.36. The van der Waals surface area contributed by atoms with Crippen LogP contribution in [0.5, 0.6) is 0 Å². The van der Waals surface area contributed by atoms with Gasteiger partial charge in [0.05, 0.1) is 0 Å². The van der Waals surface area contributed by atoms with Crippen molar-refractivity contribution < 1.29 is 9.13 Å². The molecule has 2 aromatic heterocycles. The average Bonchev–Trinajstić information content (AvgIpc) is 2.53. The van der Waals surface area contributed by atoms with E-state index in [0.29, 0.717) is 0 Å². The van der Waals surface area contributed by atoms with Crippen molar-refractivity contribution in [3.8, 4) is 0 Å². The Balaban J connectivity index is 1.51. The first-order chi connectivity index (χ1) is 10.8. The molecule has 0 saturated carbocycles. The van der Waals surface area contributed by atoms with Crippen LogP contribution in [0.2, 0.25) is 0 Å². The van der Waals surface area contributed by atoms with Gasteiger partial charge in [0, 0.05) is 51.0 Å². The highest BCUT2D eigenvalue weighted by atomic mass is 14.9. The summed E-state index contributed by atoms with van der Waals surface area (Å²) in [6, 6.07) is 12.8. The first-order valence-corrected chi connectivity index (χ1v) is 8.67. The van der Waals surface area contributed by atoms with Gasteiger partial charge in [-0.05, 0) is 12.8 Å². The van der Waals surface area contributed by atoms with Crippen molar-refractivity contribution in [3.05, 3.63) is 60.2 Å². The summed E-state index contributed by atoms with van der Waals surface area (Å²) in [6.07, 6.45) is 12.4. The number of pyridine rings is 2. The Morgan fingerprint density at radius 2 is 1.00 bits per heavy atom. The summed E-state index contributed by atoms with van der Waals surface area (Å²) in [5.41, 5.74) is 2.72. The van der Waals surface area contributed by atoms with E-state index in [4.69, 9.17) is 0 Å². The van der Waals surface area contributed by atoms with E-state index in [-0.39, 0.29) is 0 Å². The number of rotatable bonds is 9. The van der Waals surface area contributed by atoms with Gasteiger partial charge in [-0.1, -0.05) is 25.0 Å². The van der Waals surface area contributed by atoms with E-state index < -0.39 is 0 Å². The predicted octanol–water partition coefficient (Wildman–Crippen LogP) is 3.92. The molecule has 0 N–H and O–H groups in total. The maximum Gasteiger partial charge on any atom is 0.178 e. The molecule has 2 heteroatoms. The van der Waals surface area contributed by atoms with E-state index in [9.17, 15) is 0 Å². The maximum atomic E-state index is 2.36. The van der Waals surface area contributed by atoms with E-state index in [0.717, 1.165) is 13.1 Å². The molecule has 0 aliphatic carbocycles. The van der Waals surface area contributed by atoms with Crippen LogP contribution in [0.4, 0.5) is 0 Å². The SMILES string of the molecule is Cc1cccc[n+]1CCCCCCCC[n+]1ccccc1C. The molecule has 0 radical (unpaired) electrons. The zero-order valence-corrected chi connectivity index (χ0v) is 14.2. The van der Waals surface area contributed by atoms with Gasteiger partial charge in [-0.15, -0.1) is 0 Å². The minimum absolute atomic E-state index is 1.16. The molecular formula is C20H30N2+2. The molecule has 0 aliphatic rings. The fourth-order valence-corrected chi connectivity index (χ4v) is 2.90. The molecule has 2 rings (SSSR count). The van der Waals surface area contributed by atoms with Crippen molar-refractivity contribution >= 4 is 0 Å². The Morgan fingerprint density at radius 3 is 1.41 bits per heavy atom. The van der Waals surface area contributed by atoms with Crippen molar-refractivity contribution in [3.63, 3.8) is 0 Å². The molecule has 0 spiro atoms. The van der Waals surface area contributed by atoms with Crippen LogP contribution in [-0.2, 0) is 13.1 Å². The minimum atomic E-state index is 1.16. The van der Waals surface area contributed by atoms with Gasteiger partial charge in [-0.2, -0.15) is 0 Å². The highest BCUT2D eigenvalue weighted by Crippen LogP contribution is 2.06. The molecule has 0 bridgehead atoms. The number of hydrogen-bond acceptors (Lipinski definition) is 0. The lowest BCUT2D eigenvalue weighted by atomic mass is 10.1. The van der Waals surface area contributed by atoms with Gasteiger partial charge in [0.2, 0.25) is 0 Å². The van der Waals surface area contributed by atoms with Crippen molar-refractivity contribution in [2.45, 2.75) is 65.5 Å². The van der Waals surface area contributed by atoms with Gasteiger partial charge in [0.15, 0.2) is 23.8 Å². The highest BCUT2D eigenvalue weighted by Gasteiger charge is 2.04. The van der Waals surface area contributed by atoms with E-state index in [1.807, 2.05) is 0 Å². The Morgan fingerprint density at radius 1 is 0.591 bits per heavy atom. The molecule has 118 valence electrons. The molecule has 2 nitrogen and oxygen atoms in total. The number of hydrogen-bond donors (Lipinski definition) is 0. The third-order valence-electron chi connectivity index (χ3n) is 4.38. The normalized spacial score (nSPS) is 10.8. The monoisotopic (exact) mass is 298 g/mol. The lowest BCUT2D eigenvalue weighted by Gasteiger charge is -2.02. The van der Waals surface area contributed by atoms with E-state index >= 15 is 0 Å². The van der Waals surface area contributed by atoms with Crippen LogP contribution in [0.15, 0.2) is 48.8 Å². The molecule has 0 amide bonds. The van der Waals surface area contributed by atoms with Crippen molar-refractivity contribution in [2.75, 3.05) is 0 Å². The van der Waals surface area contributed by atoms with Gasteiger partial charge in [-0.25, -0.2) is 9.13 Å². The topological polar surface area (TPSA) is 7.76 Å². The molecule has 2 aromatic rings. The summed E-state index contributed by atoms with van der Waals surface area (Å²) in [4.78, 5) is 0. The largest absolute Gasteiger partial charge is 0.203 e. The molecule has 0 saturated heterocycles. The second-order valence-corrected chi connectivity index (χ2v) is 6.19. The van der Waals surface area contributed by atoms with Crippen LogP contribution in [0.3, 0.4) is 0 Å². The first-order valence-electron chi connectivity index (χ1n) is 8.67. The summed E-state index contributed by atoms with van der Waals surface area (Å²) in [5.74, 6) is 0. The van der Waals surface area contributed by atoms with E-state index in [1.165, 1.54) is 49.9 Å². The van der Waals surface area contributed by atoms with Gasteiger partial charge >= 0.3 is 0 Å². The zero-order valence-electron chi connectivity index (χ0n) is 14.2. The minimum Gasteiger partial charge on any atom is -0.203 e. The van der Waals surface area contributed by atoms with Crippen molar-refractivity contribution in [1.29, 1.82) is 0 Å². The van der Waals surface area contributed by atoms with E-state index in [1.54, 1.807) is 0 Å². The van der Waals surface area contributed by atoms with Crippen LogP contribution in [0, 0.1) is 13.8 Å². The summed E-state index contributed by atoms with van der Waals surface area (Å²) in [5, 5.41) is 0. The van der Waals surface area contributed by atoms with Crippen LogP contribution in [-0.4, -0.2) is 0 Å². The summed E-state index contributed by atoms with van der Waals surface area (Å²) >= 11 is 0. The molecule has 0 atom stereocenters.